The van der Waals surface area contributed by atoms with Gasteiger partial charge in [-0.15, -0.1) is 0 Å². The first-order chi connectivity index (χ1) is 8.54. The Morgan fingerprint density at radius 1 is 1.50 bits per heavy atom. The first kappa shape index (κ1) is 12.4. The van der Waals surface area contributed by atoms with E-state index in [2.05, 4.69) is 10.6 Å². The third-order valence-electron chi connectivity index (χ3n) is 2.72. The molecular weight excluding hydrogens is 241 g/mol. The zero-order chi connectivity index (χ0) is 13.1. The maximum Gasteiger partial charge on any atom is 0.274 e. The van der Waals surface area contributed by atoms with E-state index in [4.69, 9.17) is 0 Å². The highest BCUT2D eigenvalue weighted by Gasteiger charge is 2.20. The number of nitro groups is 1. The van der Waals surface area contributed by atoms with E-state index in [1.807, 2.05) is 0 Å². The van der Waals surface area contributed by atoms with Gasteiger partial charge in [-0.3, -0.25) is 14.9 Å². The molecule has 0 aromatic heterocycles. The fourth-order valence-corrected chi connectivity index (χ4v) is 1.72. The fourth-order valence-electron chi connectivity index (χ4n) is 1.72. The lowest BCUT2D eigenvalue weighted by Crippen LogP contribution is -2.43. The molecule has 2 rings (SSSR count). The summed E-state index contributed by atoms with van der Waals surface area (Å²) in [6.45, 7) is 1.58. The molecule has 0 spiro atoms. The Kier molecular flexibility index (Phi) is 3.52. The van der Waals surface area contributed by atoms with Crippen molar-refractivity contribution in [2.45, 2.75) is 6.42 Å². The van der Waals surface area contributed by atoms with Crippen LogP contribution in [0.5, 0.6) is 0 Å². The molecular formula is C11H12FN3O3. The van der Waals surface area contributed by atoms with Gasteiger partial charge < -0.3 is 10.6 Å². The number of anilines is 1. The lowest BCUT2D eigenvalue weighted by Gasteiger charge is -2.26. The summed E-state index contributed by atoms with van der Waals surface area (Å²) < 4.78 is 13.1. The number of hydrogen-bond acceptors (Lipinski definition) is 4. The van der Waals surface area contributed by atoms with Crippen molar-refractivity contribution in [2.24, 2.45) is 5.92 Å². The van der Waals surface area contributed by atoms with E-state index in [0.29, 0.717) is 6.42 Å². The summed E-state index contributed by atoms with van der Waals surface area (Å²) in [5, 5.41) is 16.0. The third-order valence-corrected chi connectivity index (χ3v) is 2.72. The summed E-state index contributed by atoms with van der Waals surface area (Å²) >= 11 is 0. The minimum absolute atomic E-state index is 0.110. The largest absolute Gasteiger partial charge is 0.326 e. The van der Waals surface area contributed by atoms with Crippen LogP contribution < -0.4 is 10.6 Å². The molecule has 1 aliphatic heterocycles. The summed E-state index contributed by atoms with van der Waals surface area (Å²) in [6, 6.07) is 3.01. The van der Waals surface area contributed by atoms with Crippen molar-refractivity contribution in [3.8, 4) is 0 Å². The first-order valence-corrected chi connectivity index (χ1v) is 5.50. The molecule has 96 valence electrons. The number of hydrogen-bond donors (Lipinski definition) is 2. The predicted molar refractivity (Wildman–Crippen MR) is 62.7 cm³/mol. The number of non-ortho nitro benzene ring substituents is 1. The summed E-state index contributed by atoms with van der Waals surface area (Å²) in [5.41, 5.74) is -0.269. The Labute approximate surface area is 102 Å². The number of amides is 1. The Balaban J connectivity index is 2.03. The number of rotatable bonds is 4. The average Bonchev–Trinajstić information content (AvgIpc) is 2.22. The molecule has 0 radical (unpaired) electrons. The van der Waals surface area contributed by atoms with Crippen molar-refractivity contribution in [2.75, 3.05) is 18.4 Å². The van der Waals surface area contributed by atoms with Crippen molar-refractivity contribution in [1.29, 1.82) is 0 Å². The number of nitrogens with zero attached hydrogens (tertiary/aromatic N) is 1. The third kappa shape index (κ3) is 3.01. The van der Waals surface area contributed by atoms with Crippen LogP contribution in [0.3, 0.4) is 0 Å². The number of halogens is 1. The molecule has 18 heavy (non-hydrogen) atoms. The maximum atomic E-state index is 13.1. The number of nitro benzene ring substituents is 1. The number of carbonyl (C=O) groups is 1. The van der Waals surface area contributed by atoms with Gasteiger partial charge in [-0.25, -0.2) is 4.39 Å². The second kappa shape index (κ2) is 5.09. The average molecular weight is 253 g/mol. The fraction of sp³-hybridized carbons (Fsp3) is 0.364. The molecule has 1 aromatic rings. The van der Waals surface area contributed by atoms with Gasteiger partial charge in [0.25, 0.3) is 5.69 Å². The van der Waals surface area contributed by atoms with Gasteiger partial charge in [0.1, 0.15) is 5.82 Å². The standard InChI is InChI=1S/C11H12FN3O3/c12-8-2-9(4-10(3-8)15(17)18)14-11(16)1-7-5-13-6-7/h2-4,7,13H,1,5-6H2,(H,14,16). The van der Waals surface area contributed by atoms with Crippen LogP contribution in [0.4, 0.5) is 15.8 Å². The molecule has 0 unspecified atom stereocenters. The molecule has 1 amide bonds. The van der Waals surface area contributed by atoms with E-state index in [0.717, 1.165) is 31.3 Å². The molecule has 0 aliphatic carbocycles. The highest BCUT2D eigenvalue weighted by atomic mass is 19.1. The summed E-state index contributed by atoms with van der Waals surface area (Å²) in [6.07, 6.45) is 0.331. The van der Waals surface area contributed by atoms with Crippen LogP contribution in [-0.2, 0) is 4.79 Å². The van der Waals surface area contributed by atoms with Gasteiger partial charge in [0, 0.05) is 12.5 Å². The topological polar surface area (TPSA) is 84.3 Å². The molecule has 0 saturated carbocycles. The monoisotopic (exact) mass is 253 g/mol. The van der Waals surface area contributed by atoms with Crippen molar-refractivity contribution in [3.63, 3.8) is 0 Å². The van der Waals surface area contributed by atoms with Crippen LogP contribution in [0.2, 0.25) is 0 Å². The van der Waals surface area contributed by atoms with E-state index < -0.39 is 10.7 Å². The molecule has 1 heterocycles. The molecule has 0 atom stereocenters. The Hall–Kier alpha value is -2.02. The summed E-state index contributed by atoms with van der Waals surface area (Å²) in [5.74, 6) is -0.722. The van der Waals surface area contributed by atoms with E-state index in [1.165, 1.54) is 0 Å². The van der Waals surface area contributed by atoms with Gasteiger partial charge in [-0.2, -0.15) is 0 Å². The molecule has 1 saturated heterocycles. The van der Waals surface area contributed by atoms with Crippen molar-refractivity contribution in [3.05, 3.63) is 34.1 Å². The quantitative estimate of drug-likeness (QED) is 0.625. The summed E-state index contributed by atoms with van der Waals surface area (Å²) in [4.78, 5) is 21.4. The minimum atomic E-state index is -0.746. The normalized spacial score (nSPS) is 14.9. The van der Waals surface area contributed by atoms with Crippen molar-refractivity contribution in [1.82, 2.24) is 5.32 Å². The van der Waals surface area contributed by atoms with Crippen LogP contribution in [0.1, 0.15) is 6.42 Å². The molecule has 0 bridgehead atoms. The zero-order valence-electron chi connectivity index (χ0n) is 9.48. The second-order valence-electron chi connectivity index (χ2n) is 4.23. The van der Waals surface area contributed by atoms with Crippen LogP contribution in [0, 0.1) is 21.8 Å². The molecule has 1 aromatic carbocycles. The van der Waals surface area contributed by atoms with Crippen LogP contribution >= 0.6 is 0 Å². The second-order valence-corrected chi connectivity index (χ2v) is 4.23. The zero-order valence-corrected chi connectivity index (χ0v) is 9.48. The van der Waals surface area contributed by atoms with E-state index in [-0.39, 0.29) is 23.2 Å². The Morgan fingerprint density at radius 2 is 2.22 bits per heavy atom. The highest BCUT2D eigenvalue weighted by molar-refractivity contribution is 5.91. The van der Waals surface area contributed by atoms with E-state index >= 15 is 0 Å². The van der Waals surface area contributed by atoms with Crippen molar-refractivity contribution >= 4 is 17.3 Å². The van der Waals surface area contributed by atoms with Gasteiger partial charge in [0.2, 0.25) is 5.91 Å². The highest BCUT2D eigenvalue weighted by Crippen LogP contribution is 2.20. The molecule has 6 nitrogen and oxygen atoms in total. The van der Waals surface area contributed by atoms with E-state index in [1.54, 1.807) is 0 Å². The first-order valence-electron chi connectivity index (χ1n) is 5.50. The lowest BCUT2D eigenvalue weighted by atomic mass is 9.99. The van der Waals surface area contributed by atoms with Crippen LogP contribution in [0.15, 0.2) is 18.2 Å². The van der Waals surface area contributed by atoms with Crippen molar-refractivity contribution < 1.29 is 14.1 Å². The predicted octanol–water partition coefficient (Wildman–Crippen LogP) is 1.28. The summed E-state index contributed by atoms with van der Waals surface area (Å²) in [7, 11) is 0. The van der Waals surface area contributed by atoms with Gasteiger partial charge in [-0.1, -0.05) is 0 Å². The molecule has 2 N–H and O–H groups in total. The molecule has 7 heteroatoms. The Bertz CT molecular complexity index is 488. The smallest absolute Gasteiger partial charge is 0.274 e. The van der Waals surface area contributed by atoms with Crippen LogP contribution in [-0.4, -0.2) is 23.9 Å². The van der Waals surface area contributed by atoms with Crippen LogP contribution in [0.25, 0.3) is 0 Å². The lowest BCUT2D eigenvalue weighted by molar-refractivity contribution is -0.385. The SMILES string of the molecule is O=C(CC1CNC1)Nc1cc(F)cc([N+](=O)[O-])c1. The molecule has 1 aliphatic rings. The Morgan fingerprint density at radius 3 is 2.78 bits per heavy atom. The number of nitrogens with one attached hydrogen (secondary N) is 2. The number of carbonyl (C=O) groups excluding carboxylic acids is 1. The van der Waals surface area contributed by atoms with Gasteiger partial charge in [0.15, 0.2) is 0 Å². The molecule has 1 fully saturated rings. The van der Waals surface area contributed by atoms with Gasteiger partial charge in [0.05, 0.1) is 16.7 Å². The van der Waals surface area contributed by atoms with Gasteiger partial charge >= 0.3 is 0 Å². The number of benzene rings is 1. The maximum absolute atomic E-state index is 13.1. The minimum Gasteiger partial charge on any atom is -0.326 e. The van der Waals surface area contributed by atoms with E-state index in [9.17, 15) is 19.3 Å². The van der Waals surface area contributed by atoms with Gasteiger partial charge in [-0.05, 0) is 25.1 Å².